The van der Waals surface area contributed by atoms with Crippen LogP contribution in [-0.4, -0.2) is 22.6 Å². The number of furan rings is 1. The number of hydrogen-bond donors (Lipinski definition) is 0. The molecule has 0 spiro atoms. The zero-order valence-corrected chi connectivity index (χ0v) is 37.3. The molecule has 0 aliphatic carbocycles. The molecule has 69 heavy (non-hydrogen) atoms. The third-order valence-corrected chi connectivity index (χ3v) is 16.9. The first-order valence-corrected chi connectivity index (χ1v) is 24.5. The van der Waals surface area contributed by atoms with Gasteiger partial charge >= 0.3 is 0 Å². The van der Waals surface area contributed by atoms with Gasteiger partial charge in [0.15, 0.2) is 0 Å². The minimum atomic E-state index is -0.183. The van der Waals surface area contributed by atoms with Gasteiger partial charge in [-0.15, -0.1) is 0 Å². The van der Waals surface area contributed by atoms with Crippen molar-refractivity contribution in [2.45, 2.75) is 9.79 Å². The third-order valence-electron chi connectivity index (χ3n) is 15.8. The molecule has 0 saturated carbocycles. The molecular weight excluding hydrogens is 864 g/mol. The predicted molar refractivity (Wildman–Crippen MR) is 284 cm³/mol. The Hall–Kier alpha value is -8.52. The van der Waals surface area contributed by atoms with Gasteiger partial charge in [0, 0.05) is 77.4 Å². The largest absolute Gasteiger partial charge is 0.458 e. The monoisotopic (exact) mass is 895 g/mol. The highest BCUT2D eigenvalue weighted by Crippen LogP contribution is 2.56. The second kappa shape index (κ2) is 12.3. The van der Waals surface area contributed by atoms with Gasteiger partial charge in [-0.05, 0) is 87.4 Å². The molecule has 5 aliphatic rings. The second-order valence-electron chi connectivity index (χ2n) is 19.0. The fourth-order valence-electron chi connectivity index (χ4n) is 13.1. The maximum atomic E-state index is 7.39. The normalized spacial score (nSPS) is 14.2. The van der Waals surface area contributed by atoms with Crippen molar-refractivity contribution in [3.05, 3.63) is 188 Å². The van der Waals surface area contributed by atoms with Crippen molar-refractivity contribution in [3.63, 3.8) is 0 Å². The Kier molecular flexibility index (Phi) is 6.37. The van der Waals surface area contributed by atoms with Gasteiger partial charge in [-0.2, -0.15) is 0 Å². The SMILES string of the molecule is c1cc2c3c(c1)B1c4ccc(-n5c6ccccc6c6ccccc65)cc4Oc4cc5c6c(c41)N3c1c(cc3c(oc4ccccc43)c1B6c1ccc(-n3c4ccccc4c4ccccc43)cc1O5)S2. The summed E-state index contributed by atoms with van der Waals surface area (Å²) < 4.78 is 26.5. The Labute approximate surface area is 398 Å². The van der Waals surface area contributed by atoms with E-state index in [4.69, 9.17) is 13.9 Å². The summed E-state index contributed by atoms with van der Waals surface area (Å²) in [6, 6.07) is 68.4. The number of anilines is 3. The molecule has 0 radical (unpaired) electrons. The Morgan fingerprint density at radius 2 is 0.899 bits per heavy atom. The first kappa shape index (κ1) is 35.6. The van der Waals surface area contributed by atoms with E-state index in [1.54, 1.807) is 0 Å². The van der Waals surface area contributed by atoms with Crippen molar-refractivity contribution >= 4 is 141 Å². The molecule has 0 saturated heterocycles. The van der Waals surface area contributed by atoms with Gasteiger partial charge in [-0.25, -0.2) is 0 Å². The van der Waals surface area contributed by atoms with E-state index >= 15 is 0 Å². The first-order valence-electron chi connectivity index (χ1n) is 23.6. The highest BCUT2D eigenvalue weighted by atomic mass is 32.2. The molecule has 0 N–H and O–H groups in total. The third kappa shape index (κ3) is 4.27. The second-order valence-corrected chi connectivity index (χ2v) is 20.1. The van der Waals surface area contributed by atoms with Crippen LogP contribution in [-0.2, 0) is 0 Å². The predicted octanol–water partition coefficient (Wildman–Crippen LogP) is 11.6. The van der Waals surface area contributed by atoms with Crippen LogP contribution < -0.4 is 47.2 Å². The quantitative estimate of drug-likeness (QED) is 0.162. The number of ether oxygens (including phenoxy) is 2. The lowest BCUT2D eigenvalue weighted by Gasteiger charge is -2.49. The van der Waals surface area contributed by atoms with E-state index in [1.807, 2.05) is 11.8 Å². The Balaban J connectivity index is 0.919. The van der Waals surface area contributed by atoms with E-state index < -0.39 is 0 Å². The van der Waals surface area contributed by atoms with Crippen molar-refractivity contribution in [3.8, 4) is 34.4 Å². The topological polar surface area (TPSA) is 44.7 Å². The number of fused-ring (bicyclic) bond motifs is 16. The van der Waals surface area contributed by atoms with Crippen LogP contribution in [0.5, 0.6) is 23.0 Å². The van der Waals surface area contributed by atoms with Crippen LogP contribution in [0.3, 0.4) is 0 Å². The molecule has 316 valence electrons. The highest BCUT2D eigenvalue weighted by molar-refractivity contribution is 7.99. The summed E-state index contributed by atoms with van der Waals surface area (Å²) in [6.45, 7) is -0.251. The molecule has 0 atom stereocenters. The van der Waals surface area contributed by atoms with Gasteiger partial charge in [0.05, 0.1) is 33.4 Å². The molecule has 8 heterocycles. The summed E-state index contributed by atoms with van der Waals surface area (Å²) in [6.07, 6.45) is 0. The van der Waals surface area contributed by atoms with Gasteiger partial charge in [0.1, 0.15) is 34.2 Å². The Morgan fingerprint density at radius 3 is 1.51 bits per heavy atom. The van der Waals surface area contributed by atoms with Crippen LogP contribution in [0, 0.1) is 0 Å². The lowest BCUT2D eigenvalue weighted by atomic mass is 9.29. The smallest absolute Gasteiger partial charge is 0.261 e. The van der Waals surface area contributed by atoms with Gasteiger partial charge < -0.3 is 27.9 Å². The number of hydrogen-bond acceptors (Lipinski definition) is 5. The van der Waals surface area contributed by atoms with Crippen molar-refractivity contribution in [2.24, 2.45) is 0 Å². The summed E-state index contributed by atoms with van der Waals surface area (Å²) in [5.41, 5.74) is 19.2. The van der Waals surface area contributed by atoms with E-state index in [0.717, 1.165) is 89.4 Å². The average molecular weight is 896 g/mol. The van der Waals surface area contributed by atoms with Crippen LogP contribution in [0.4, 0.5) is 17.1 Å². The minimum absolute atomic E-state index is 0.0687. The molecule has 3 aromatic heterocycles. The van der Waals surface area contributed by atoms with Crippen LogP contribution in [0.25, 0.3) is 76.9 Å². The highest BCUT2D eigenvalue weighted by Gasteiger charge is 2.53. The molecule has 9 heteroatoms. The van der Waals surface area contributed by atoms with Gasteiger partial charge in [0.25, 0.3) is 13.4 Å². The first-order chi connectivity index (χ1) is 34.2. The number of aromatic nitrogens is 2. The number of nitrogens with zero attached hydrogens (tertiary/aromatic N) is 3. The van der Waals surface area contributed by atoms with E-state index in [1.165, 1.54) is 70.1 Å². The van der Waals surface area contributed by atoms with E-state index in [9.17, 15) is 0 Å². The Morgan fingerprint density at radius 1 is 0.362 bits per heavy atom. The molecular formula is C60H31B2N3O3S. The van der Waals surface area contributed by atoms with Crippen molar-refractivity contribution in [1.29, 1.82) is 0 Å². The molecule has 5 aliphatic heterocycles. The van der Waals surface area contributed by atoms with Crippen LogP contribution >= 0.6 is 11.8 Å². The van der Waals surface area contributed by atoms with Crippen LogP contribution in [0.15, 0.2) is 202 Å². The zero-order valence-electron chi connectivity index (χ0n) is 36.5. The fraction of sp³-hybridized carbons (Fsp3) is 0. The summed E-state index contributed by atoms with van der Waals surface area (Å²) in [5.74, 6) is 3.32. The standard InChI is InChI=1S/C60H31B2N3O3S/c1-6-18-43-34(12-1)35-13-2-7-19-44(35)63(43)32-24-26-40-48(28-32)66-50-31-51-55-59-54(50)61(40)42-17-11-23-52-57(42)65(59)58-53(69-52)30-39-38-16-5-10-22-47(38)68-60(39)56(58)62(55)41-27-25-33(29-49(41)67-51)64-45-20-8-3-14-36(45)37-15-4-9-21-46(37)64/h1-31H. The van der Waals surface area contributed by atoms with Gasteiger partial charge in [0.2, 0.25) is 0 Å². The summed E-state index contributed by atoms with van der Waals surface area (Å²) in [5, 5.41) is 7.18. The lowest BCUT2D eigenvalue weighted by molar-refractivity contribution is 0.465. The number of para-hydroxylation sites is 6. The fourth-order valence-corrected chi connectivity index (χ4v) is 14.3. The number of rotatable bonds is 2. The van der Waals surface area contributed by atoms with Crippen molar-refractivity contribution in [1.82, 2.24) is 9.13 Å². The molecule has 18 rings (SSSR count). The molecule has 0 fully saturated rings. The summed E-state index contributed by atoms with van der Waals surface area (Å²) in [7, 11) is 0. The summed E-state index contributed by atoms with van der Waals surface area (Å²) >= 11 is 1.88. The zero-order chi connectivity index (χ0) is 44.4. The number of benzene rings is 10. The van der Waals surface area contributed by atoms with Crippen molar-refractivity contribution in [2.75, 3.05) is 4.90 Å². The molecule has 10 aromatic carbocycles. The van der Waals surface area contributed by atoms with Crippen LogP contribution in [0.1, 0.15) is 0 Å². The van der Waals surface area contributed by atoms with Gasteiger partial charge in [-0.1, -0.05) is 127 Å². The van der Waals surface area contributed by atoms with Gasteiger partial charge in [-0.3, -0.25) is 0 Å². The molecule has 0 unspecified atom stereocenters. The van der Waals surface area contributed by atoms with Crippen molar-refractivity contribution < 1.29 is 13.9 Å². The molecule has 6 nitrogen and oxygen atoms in total. The maximum Gasteiger partial charge on any atom is 0.261 e. The van der Waals surface area contributed by atoms with Crippen LogP contribution in [0.2, 0.25) is 0 Å². The molecule has 0 amide bonds. The lowest BCUT2D eigenvalue weighted by Crippen LogP contribution is -2.67. The summed E-state index contributed by atoms with van der Waals surface area (Å²) in [4.78, 5) is 5.02. The molecule has 13 aromatic rings. The van der Waals surface area contributed by atoms with E-state index in [2.05, 4.69) is 202 Å². The van der Waals surface area contributed by atoms with E-state index in [0.29, 0.717) is 0 Å². The maximum absolute atomic E-state index is 7.39. The minimum Gasteiger partial charge on any atom is -0.458 e. The average Bonchev–Trinajstić information content (AvgIpc) is 4.06. The Bertz CT molecular complexity index is 4480. The van der Waals surface area contributed by atoms with E-state index in [-0.39, 0.29) is 13.4 Å². The molecule has 0 bridgehead atoms.